The minimum Gasteiger partial charge on any atom is -0.355 e. The monoisotopic (exact) mass is 473 g/mol. The molecule has 1 aromatic heterocycles. The van der Waals surface area contributed by atoms with Crippen LogP contribution in [0.3, 0.4) is 0 Å². The normalized spacial score (nSPS) is 19.8. The van der Waals surface area contributed by atoms with Gasteiger partial charge in [-0.3, -0.25) is 14.3 Å². The molecule has 4 rings (SSSR count). The molecule has 0 bridgehead atoms. The summed E-state index contributed by atoms with van der Waals surface area (Å²) in [5.74, 6) is 1.19. The van der Waals surface area contributed by atoms with Crippen molar-refractivity contribution in [1.82, 2.24) is 25.0 Å². The molecule has 0 radical (unpaired) electrons. The number of carbonyl (C=O) groups is 1. The van der Waals surface area contributed by atoms with Gasteiger partial charge in [0.2, 0.25) is 5.91 Å². The molecule has 1 saturated carbocycles. The molecule has 1 N–H and O–H groups in total. The number of nitrogens with one attached hydrogen (secondary N) is 1. The van der Waals surface area contributed by atoms with Crippen molar-refractivity contribution in [3.05, 3.63) is 35.9 Å². The van der Waals surface area contributed by atoms with E-state index in [1.807, 2.05) is 11.5 Å². The van der Waals surface area contributed by atoms with Crippen LogP contribution in [0.15, 0.2) is 29.4 Å². The lowest BCUT2D eigenvalue weighted by molar-refractivity contribution is -0.120. The molecule has 2 aromatic rings. The van der Waals surface area contributed by atoms with Gasteiger partial charge in [-0.15, -0.1) is 10.2 Å². The third kappa shape index (κ3) is 6.15. The van der Waals surface area contributed by atoms with Gasteiger partial charge in [0.1, 0.15) is 5.82 Å². The van der Waals surface area contributed by atoms with Crippen molar-refractivity contribution in [2.24, 2.45) is 5.92 Å². The molecular formula is C25H36FN5OS. The highest BCUT2D eigenvalue weighted by Gasteiger charge is 2.27. The Morgan fingerprint density at radius 1 is 1.06 bits per heavy atom. The first-order valence-corrected chi connectivity index (χ1v) is 13.3. The average Bonchev–Trinajstić information content (AvgIpc) is 3.27. The topological polar surface area (TPSA) is 63.1 Å². The standard InChI is InChI=1S/C25H36FN5OS/c1-18(30-15-7-4-8-16-30)23-28-29-25(31(23)22-13-11-21(26)12-14-22)33-19(2)24(32)27-17-20-9-5-3-6-10-20/h11-14,18-20H,3-10,15-17H2,1-2H3,(H,27,32). The zero-order valence-corrected chi connectivity index (χ0v) is 20.6. The van der Waals surface area contributed by atoms with Gasteiger partial charge in [0, 0.05) is 12.2 Å². The molecule has 6 nitrogen and oxygen atoms in total. The predicted molar refractivity (Wildman–Crippen MR) is 130 cm³/mol. The summed E-state index contributed by atoms with van der Waals surface area (Å²) in [6, 6.07) is 6.51. The maximum atomic E-state index is 13.6. The van der Waals surface area contributed by atoms with Crippen molar-refractivity contribution in [2.75, 3.05) is 19.6 Å². The van der Waals surface area contributed by atoms with Gasteiger partial charge in [-0.2, -0.15) is 0 Å². The van der Waals surface area contributed by atoms with Crippen LogP contribution in [0.1, 0.15) is 77.1 Å². The van der Waals surface area contributed by atoms with Gasteiger partial charge in [-0.25, -0.2) is 4.39 Å². The van der Waals surface area contributed by atoms with E-state index in [1.54, 1.807) is 12.1 Å². The second kappa shape index (κ2) is 11.5. The van der Waals surface area contributed by atoms with Crippen molar-refractivity contribution in [3.63, 3.8) is 0 Å². The van der Waals surface area contributed by atoms with Crippen LogP contribution in [-0.4, -0.2) is 50.5 Å². The van der Waals surface area contributed by atoms with Crippen LogP contribution >= 0.6 is 11.8 Å². The van der Waals surface area contributed by atoms with E-state index in [2.05, 4.69) is 27.3 Å². The number of piperidine rings is 1. The fourth-order valence-electron chi connectivity index (χ4n) is 4.92. The average molecular weight is 474 g/mol. The first-order chi connectivity index (χ1) is 16.0. The van der Waals surface area contributed by atoms with Crippen molar-refractivity contribution < 1.29 is 9.18 Å². The number of thioether (sulfide) groups is 1. The molecular weight excluding hydrogens is 437 g/mol. The molecule has 1 aliphatic carbocycles. The number of nitrogens with zero attached hydrogens (tertiary/aromatic N) is 4. The van der Waals surface area contributed by atoms with Gasteiger partial charge in [-0.1, -0.05) is 37.4 Å². The van der Waals surface area contributed by atoms with Crippen LogP contribution in [0.25, 0.3) is 5.69 Å². The Morgan fingerprint density at radius 3 is 2.42 bits per heavy atom. The molecule has 2 fully saturated rings. The smallest absolute Gasteiger partial charge is 0.233 e. The summed E-state index contributed by atoms with van der Waals surface area (Å²) in [7, 11) is 0. The summed E-state index contributed by atoms with van der Waals surface area (Å²) < 4.78 is 15.6. The second-order valence-electron chi connectivity index (χ2n) is 9.43. The van der Waals surface area contributed by atoms with Gasteiger partial charge in [0.15, 0.2) is 11.0 Å². The second-order valence-corrected chi connectivity index (χ2v) is 10.7. The summed E-state index contributed by atoms with van der Waals surface area (Å²) in [5, 5.41) is 12.5. The van der Waals surface area contributed by atoms with E-state index >= 15 is 0 Å². The predicted octanol–water partition coefficient (Wildman–Crippen LogP) is 5.13. The van der Waals surface area contributed by atoms with Crippen LogP contribution in [0, 0.1) is 11.7 Å². The summed E-state index contributed by atoms with van der Waals surface area (Å²) in [4.78, 5) is 15.3. The molecule has 1 amide bonds. The Kier molecular flexibility index (Phi) is 8.41. The van der Waals surface area contributed by atoms with Crippen LogP contribution in [0.4, 0.5) is 4.39 Å². The molecule has 2 aliphatic rings. The number of likely N-dealkylation sites (tertiary alicyclic amines) is 1. The van der Waals surface area contributed by atoms with Gasteiger partial charge in [-0.05, 0) is 82.8 Å². The van der Waals surface area contributed by atoms with Crippen LogP contribution < -0.4 is 5.32 Å². The third-order valence-corrected chi connectivity index (χ3v) is 8.04. The Labute approximate surface area is 200 Å². The number of amides is 1. The number of aromatic nitrogens is 3. The first-order valence-electron chi connectivity index (χ1n) is 12.4. The number of hydrogen-bond donors (Lipinski definition) is 1. The van der Waals surface area contributed by atoms with Crippen LogP contribution in [0.5, 0.6) is 0 Å². The lowest BCUT2D eigenvalue weighted by Crippen LogP contribution is -2.35. The molecule has 8 heteroatoms. The summed E-state index contributed by atoms with van der Waals surface area (Å²) in [5.41, 5.74) is 0.817. The first kappa shape index (κ1) is 24.2. The Bertz CT molecular complexity index is 906. The maximum absolute atomic E-state index is 13.6. The van der Waals surface area contributed by atoms with E-state index in [9.17, 15) is 9.18 Å². The van der Waals surface area contributed by atoms with E-state index in [-0.39, 0.29) is 23.0 Å². The lowest BCUT2D eigenvalue weighted by atomic mass is 9.89. The number of halogens is 1. The van der Waals surface area contributed by atoms with E-state index in [0.717, 1.165) is 31.1 Å². The van der Waals surface area contributed by atoms with Gasteiger partial charge >= 0.3 is 0 Å². The fraction of sp³-hybridized carbons (Fsp3) is 0.640. The zero-order chi connectivity index (χ0) is 23.2. The van der Waals surface area contributed by atoms with Crippen LogP contribution in [0.2, 0.25) is 0 Å². The Morgan fingerprint density at radius 2 is 1.73 bits per heavy atom. The van der Waals surface area contributed by atoms with E-state index in [4.69, 9.17) is 0 Å². The fourth-order valence-corrected chi connectivity index (χ4v) is 5.82. The maximum Gasteiger partial charge on any atom is 0.233 e. The lowest BCUT2D eigenvalue weighted by Gasteiger charge is -2.32. The molecule has 0 spiro atoms. The number of rotatable bonds is 8. The van der Waals surface area contributed by atoms with Crippen LogP contribution in [-0.2, 0) is 4.79 Å². The quantitative estimate of drug-likeness (QED) is 0.539. The zero-order valence-electron chi connectivity index (χ0n) is 19.8. The minimum absolute atomic E-state index is 0.0323. The third-order valence-electron chi connectivity index (χ3n) is 7.00. The Balaban J connectivity index is 1.51. The highest BCUT2D eigenvalue weighted by atomic mass is 32.2. The number of hydrogen-bond acceptors (Lipinski definition) is 5. The summed E-state index contributed by atoms with van der Waals surface area (Å²) in [6.07, 6.45) is 9.91. The SMILES string of the molecule is CC(Sc1nnc(C(C)N2CCCCC2)n1-c1ccc(F)cc1)C(=O)NCC1CCCCC1. The molecule has 1 saturated heterocycles. The summed E-state index contributed by atoms with van der Waals surface area (Å²) in [6.45, 7) is 6.91. The van der Waals surface area contributed by atoms with Gasteiger partial charge < -0.3 is 5.32 Å². The highest BCUT2D eigenvalue weighted by Crippen LogP contribution is 2.31. The van der Waals surface area contributed by atoms with Gasteiger partial charge in [0.05, 0.1) is 11.3 Å². The van der Waals surface area contributed by atoms with Gasteiger partial charge in [0.25, 0.3) is 0 Å². The highest BCUT2D eigenvalue weighted by molar-refractivity contribution is 8.00. The van der Waals surface area contributed by atoms with Crippen molar-refractivity contribution in [2.45, 2.75) is 81.7 Å². The van der Waals surface area contributed by atoms with Crippen molar-refractivity contribution in [3.8, 4) is 5.69 Å². The Hall–Kier alpha value is -1.93. The van der Waals surface area contributed by atoms with Crippen molar-refractivity contribution >= 4 is 17.7 Å². The number of benzene rings is 1. The van der Waals surface area contributed by atoms with E-state index in [0.29, 0.717) is 11.1 Å². The molecule has 1 aliphatic heterocycles. The molecule has 33 heavy (non-hydrogen) atoms. The molecule has 2 atom stereocenters. The molecule has 2 unspecified atom stereocenters. The minimum atomic E-state index is -0.296. The van der Waals surface area contributed by atoms with E-state index < -0.39 is 0 Å². The largest absolute Gasteiger partial charge is 0.355 e. The molecule has 1 aromatic carbocycles. The van der Waals surface area contributed by atoms with Crippen molar-refractivity contribution in [1.29, 1.82) is 0 Å². The summed E-state index contributed by atoms with van der Waals surface area (Å²) >= 11 is 1.41. The van der Waals surface area contributed by atoms with E-state index in [1.165, 1.54) is 75.3 Å². The molecule has 2 heterocycles. The number of carbonyl (C=O) groups excluding carboxylic acids is 1. The molecule has 180 valence electrons.